The first-order valence-electron chi connectivity index (χ1n) is 11.6. The molecule has 0 aliphatic carbocycles. The topological polar surface area (TPSA) is 55.9 Å². The van der Waals surface area contributed by atoms with Crippen LogP contribution in [0.5, 0.6) is 0 Å². The molecule has 0 aromatic carbocycles. The molecule has 6 nitrogen and oxygen atoms in total. The number of rotatable bonds is 6. The summed E-state index contributed by atoms with van der Waals surface area (Å²) < 4.78 is 0. The highest BCUT2D eigenvalue weighted by Gasteiger charge is 2.29. The summed E-state index contributed by atoms with van der Waals surface area (Å²) in [6, 6.07) is 0. The van der Waals surface area contributed by atoms with Crippen molar-refractivity contribution < 1.29 is 9.59 Å². The Labute approximate surface area is 171 Å². The zero-order chi connectivity index (χ0) is 19.9. The van der Waals surface area contributed by atoms with Crippen LogP contribution < -0.4 is 5.32 Å². The van der Waals surface area contributed by atoms with Gasteiger partial charge in [-0.2, -0.15) is 0 Å². The lowest BCUT2D eigenvalue weighted by atomic mass is 9.85. The number of carbonyl (C=O) groups is 2. The first kappa shape index (κ1) is 21.6. The van der Waals surface area contributed by atoms with Gasteiger partial charge in [-0.1, -0.05) is 13.8 Å². The number of nitrogens with zero attached hydrogens (tertiary/aromatic N) is 3. The van der Waals surface area contributed by atoms with Crippen LogP contribution in [0.25, 0.3) is 0 Å². The highest BCUT2D eigenvalue weighted by atomic mass is 16.2. The Morgan fingerprint density at radius 2 is 1.64 bits per heavy atom. The van der Waals surface area contributed by atoms with Gasteiger partial charge in [0, 0.05) is 52.1 Å². The molecule has 2 amide bonds. The molecule has 3 aliphatic rings. The molecule has 28 heavy (non-hydrogen) atoms. The van der Waals surface area contributed by atoms with E-state index in [2.05, 4.69) is 24.1 Å². The van der Waals surface area contributed by atoms with Crippen LogP contribution in [0.15, 0.2) is 0 Å². The van der Waals surface area contributed by atoms with Crippen LogP contribution in [0.4, 0.5) is 0 Å². The third-order valence-corrected chi connectivity index (χ3v) is 7.24. The number of amides is 2. The zero-order valence-electron chi connectivity index (χ0n) is 18.0. The molecule has 3 rings (SSSR count). The lowest BCUT2D eigenvalue weighted by Crippen LogP contribution is -2.49. The Morgan fingerprint density at radius 3 is 2.25 bits per heavy atom. The molecule has 3 aliphatic heterocycles. The van der Waals surface area contributed by atoms with Crippen molar-refractivity contribution in [1.29, 1.82) is 0 Å². The minimum absolute atomic E-state index is 0.318. The second-order valence-electron chi connectivity index (χ2n) is 9.13. The van der Waals surface area contributed by atoms with E-state index >= 15 is 0 Å². The van der Waals surface area contributed by atoms with Crippen molar-refractivity contribution in [3.05, 3.63) is 0 Å². The number of hydrogen-bond donors (Lipinski definition) is 1. The Hall–Kier alpha value is -1.14. The Balaban J connectivity index is 1.35. The van der Waals surface area contributed by atoms with E-state index in [1.807, 2.05) is 9.80 Å². The van der Waals surface area contributed by atoms with Gasteiger partial charge in [0.2, 0.25) is 11.8 Å². The van der Waals surface area contributed by atoms with Crippen LogP contribution in [-0.4, -0.2) is 85.4 Å². The smallest absolute Gasteiger partial charge is 0.222 e. The number of hydrogen-bond acceptors (Lipinski definition) is 4. The maximum absolute atomic E-state index is 12.7. The molecule has 160 valence electrons. The summed E-state index contributed by atoms with van der Waals surface area (Å²) >= 11 is 0. The Morgan fingerprint density at radius 1 is 0.964 bits per heavy atom. The Bertz CT molecular complexity index is 505. The quantitative estimate of drug-likeness (QED) is 0.749. The van der Waals surface area contributed by atoms with Crippen LogP contribution >= 0.6 is 0 Å². The summed E-state index contributed by atoms with van der Waals surface area (Å²) in [4.78, 5) is 31.8. The lowest BCUT2D eigenvalue weighted by molar-refractivity contribution is -0.135. The first-order chi connectivity index (χ1) is 13.6. The molecule has 6 heteroatoms. The normalized spacial score (nSPS) is 26.3. The fourth-order valence-electron chi connectivity index (χ4n) is 5.01. The van der Waals surface area contributed by atoms with Crippen LogP contribution in [0.1, 0.15) is 52.4 Å². The molecule has 3 fully saturated rings. The van der Waals surface area contributed by atoms with Crippen molar-refractivity contribution in [3.63, 3.8) is 0 Å². The van der Waals surface area contributed by atoms with Gasteiger partial charge in [-0.05, 0) is 63.1 Å². The van der Waals surface area contributed by atoms with Gasteiger partial charge in [-0.25, -0.2) is 0 Å². The van der Waals surface area contributed by atoms with Gasteiger partial charge >= 0.3 is 0 Å². The number of nitrogens with one attached hydrogen (secondary N) is 1. The van der Waals surface area contributed by atoms with E-state index in [9.17, 15) is 9.59 Å². The average Bonchev–Trinajstić information content (AvgIpc) is 2.74. The van der Waals surface area contributed by atoms with E-state index < -0.39 is 0 Å². The zero-order valence-corrected chi connectivity index (χ0v) is 18.0. The second-order valence-corrected chi connectivity index (χ2v) is 9.13. The second kappa shape index (κ2) is 10.6. The Kier molecular flexibility index (Phi) is 8.15. The molecule has 1 N–H and O–H groups in total. The maximum atomic E-state index is 12.7. The SMILES string of the molecule is CCN1CCN(C(=O)CC2CCN(C(=O)CC(C)C3CCCNC3)CC2)CC1. The van der Waals surface area contributed by atoms with Crippen LogP contribution in [0.3, 0.4) is 0 Å². The molecule has 3 saturated heterocycles. The number of carbonyl (C=O) groups excluding carboxylic acids is 2. The third kappa shape index (κ3) is 5.93. The predicted octanol–water partition coefficient (Wildman–Crippen LogP) is 1.81. The van der Waals surface area contributed by atoms with Gasteiger partial charge in [0.25, 0.3) is 0 Å². The lowest BCUT2D eigenvalue weighted by Gasteiger charge is -2.37. The molecule has 0 spiro atoms. The first-order valence-corrected chi connectivity index (χ1v) is 11.6. The molecule has 0 aromatic rings. The third-order valence-electron chi connectivity index (χ3n) is 7.24. The van der Waals surface area contributed by atoms with E-state index in [4.69, 9.17) is 0 Å². The minimum atomic E-state index is 0.318. The number of likely N-dealkylation sites (N-methyl/N-ethyl adjacent to an activating group) is 1. The minimum Gasteiger partial charge on any atom is -0.343 e. The summed E-state index contributed by atoms with van der Waals surface area (Å²) in [5.41, 5.74) is 0. The van der Waals surface area contributed by atoms with Crippen molar-refractivity contribution in [2.24, 2.45) is 17.8 Å². The molecule has 0 bridgehead atoms. The van der Waals surface area contributed by atoms with E-state index in [0.29, 0.717) is 42.4 Å². The summed E-state index contributed by atoms with van der Waals surface area (Å²) in [7, 11) is 0. The molecule has 0 aromatic heterocycles. The van der Waals surface area contributed by atoms with E-state index in [1.165, 1.54) is 12.8 Å². The monoisotopic (exact) mass is 392 g/mol. The van der Waals surface area contributed by atoms with Crippen LogP contribution in [0, 0.1) is 17.8 Å². The fourth-order valence-corrected chi connectivity index (χ4v) is 5.01. The summed E-state index contributed by atoms with van der Waals surface area (Å²) in [5, 5.41) is 3.46. The van der Waals surface area contributed by atoms with Gasteiger partial charge in [0.1, 0.15) is 0 Å². The number of piperidine rings is 2. The van der Waals surface area contributed by atoms with Crippen molar-refractivity contribution >= 4 is 11.8 Å². The molecule has 2 atom stereocenters. The molecule has 3 heterocycles. The fraction of sp³-hybridized carbons (Fsp3) is 0.909. The summed E-state index contributed by atoms with van der Waals surface area (Å²) in [6.45, 7) is 13.1. The summed E-state index contributed by atoms with van der Waals surface area (Å²) in [6.07, 6.45) is 5.78. The standard InChI is InChI=1S/C22H40N4O2/c1-3-24-11-13-26(14-12-24)22(28)16-19-6-9-25(10-7-19)21(27)15-18(2)20-5-4-8-23-17-20/h18-20,23H,3-17H2,1-2H3. The van der Waals surface area contributed by atoms with Crippen LogP contribution in [0.2, 0.25) is 0 Å². The molecule has 0 saturated carbocycles. The number of likely N-dealkylation sites (tertiary alicyclic amines) is 1. The highest BCUT2D eigenvalue weighted by molar-refractivity contribution is 5.77. The highest BCUT2D eigenvalue weighted by Crippen LogP contribution is 2.26. The summed E-state index contributed by atoms with van der Waals surface area (Å²) in [5.74, 6) is 2.18. The molecular weight excluding hydrogens is 352 g/mol. The molecule has 0 radical (unpaired) electrons. The van der Waals surface area contributed by atoms with Gasteiger partial charge in [0.05, 0.1) is 0 Å². The van der Waals surface area contributed by atoms with Gasteiger partial charge in [-0.3, -0.25) is 9.59 Å². The maximum Gasteiger partial charge on any atom is 0.222 e. The largest absolute Gasteiger partial charge is 0.343 e. The number of piperazine rings is 1. The molecule has 2 unspecified atom stereocenters. The van der Waals surface area contributed by atoms with Gasteiger partial charge in [-0.15, -0.1) is 0 Å². The van der Waals surface area contributed by atoms with E-state index in [-0.39, 0.29) is 0 Å². The van der Waals surface area contributed by atoms with E-state index in [0.717, 1.165) is 71.7 Å². The van der Waals surface area contributed by atoms with Crippen molar-refractivity contribution in [3.8, 4) is 0 Å². The van der Waals surface area contributed by atoms with Crippen molar-refractivity contribution in [2.45, 2.75) is 52.4 Å². The van der Waals surface area contributed by atoms with Crippen molar-refractivity contribution in [2.75, 3.05) is 58.9 Å². The molecular formula is C22H40N4O2. The average molecular weight is 393 g/mol. The predicted molar refractivity (Wildman–Crippen MR) is 112 cm³/mol. The van der Waals surface area contributed by atoms with Crippen molar-refractivity contribution in [1.82, 2.24) is 20.0 Å². The van der Waals surface area contributed by atoms with Gasteiger partial charge < -0.3 is 20.0 Å². The van der Waals surface area contributed by atoms with Crippen LogP contribution in [-0.2, 0) is 9.59 Å². The van der Waals surface area contributed by atoms with Gasteiger partial charge in [0.15, 0.2) is 0 Å². The van der Waals surface area contributed by atoms with E-state index in [1.54, 1.807) is 0 Å².